The third-order valence-electron chi connectivity index (χ3n) is 3.63. The van der Waals surface area contributed by atoms with Gasteiger partial charge in [0.1, 0.15) is 5.78 Å². The molecule has 0 heterocycles. The predicted molar refractivity (Wildman–Crippen MR) is 96.9 cm³/mol. The highest BCUT2D eigenvalue weighted by molar-refractivity contribution is 5.80. The van der Waals surface area contributed by atoms with Crippen molar-refractivity contribution in [1.82, 2.24) is 16.0 Å². The number of amides is 3. The van der Waals surface area contributed by atoms with Crippen LogP contribution in [-0.2, 0) is 19.2 Å². The lowest BCUT2D eigenvalue weighted by Gasteiger charge is -2.07. The first-order valence-corrected chi connectivity index (χ1v) is 9.31. The Balaban J connectivity index is 3.50. The summed E-state index contributed by atoms with van der Waals surface area (Å²) in [4.78, 5) is 45.7. The van der Waals surface area contributed by atoms with Crippen LogP contribution >= 0.6 is 0 Å². The number of nitrogens with one attached hydrogen (secondary N) is 3. The smallest absolute Gasteiger partial charge is 0.220 e. The molecule has 0 atom stereocenters. The summed E-state index contributed by atoms with van der Waals surface area (Å²) in [5.41, 5.74) is 0. The molecule has 3 N–H and O–H groups in total. The topological polar surface area (TPSA) is 104 Å². The van der Waals surface area contributed by atoms with Gasteiger partial charge in [0.25, 0.3) is 0 Å². The first-order chi connectivity index (χ1) is 12.0. The van der Waals surface area contributed by atoms with E-state index in [1.807, 2.05) is 13.8 Å². The molecular formula is C18H33N3O4. The maximum Gasteiger partial charge on any atom is 0.220 e. The zero-order valence-electron chi connectivity index (χ0n) is 15.6. The number of Topliss-reactive ketones (excluding diaryl/α,β-unsaturated/α-hetero) is 1. The maximum atomic E-state index is 11.6. The van der Waals surface area contributed by atoms with Crippen molar-refractivity contribution >= 4 is 23.5 Å². The minimum Gasteiger partial charge on any atom is -0.356 e. The van der Waals surface area contributed by atoms with Crippen molar-refractivity contribution in [2.75, 3.05) is 19.6 Å². The molecular weight excluding hydrogens is 322 g/mol. The third-order valence-corrected chi connectivity index (χ3v) is 3.63. The molecule has 144 valence electrons. The largest absolute Gasteiger partial charge is 0.356 e. The average molecular weight is 355 g/mol. The Labute approximate surface area is 150 Å². The van der Waals surface area contributed by atoms with Gasteiger partial charge in [0.05, 0.1) is 0 Å². The van der Waals surface area contributed by atoms with E-state index >= 15 is 0 Å². The normalized spacial score (nSPS) is 10.2. The first kappa shape index (κ1) is 23.1. The maximum absolute atomic E-state index is 11.6. The monoisotopic (exact) mass is 355 g/mol. The van der Waals surface area contributed by atoms with Crippen LogP contribution in [-0.4, -0.2) is 43.1 Å². The predicted octanol–water partition coefficient (Wildman–Crippen LogP) is 1.45. The number of rotatable bonds is 15. The van der Waals surface area contributed by atoms with Crippen LogP contribution < -0.4 is 16.0 Å². The van der Waals surface area contributed by atoms with Crippen molar-refractivity contribution in [3.05, 3.63) is 0 Å². The lowest BCUT2D eigenvalue weighted by atomic mass is 10.1. The fraction of sp³-hybridized carbons (Fsp3) is 0.778. The van der Waals surface area contributed by atoms with Crippen molar-refractivity contribution < 1.29 is 19.2 Å². The standard InChI is InChI=1S/C18H33N3O4/c1-3-12-19-17(24)10-6-14-21-18(25)11-7-13-20-16(23)9-5-8-15(22)4-2/h3-14H2,1-2H3,(H,19,24)(H,20,23)(H,21,25). The molecule has 7 nitrogen and oxygen atoms in total. The molecule has 0 aliphatic carbocycles. The number of hydrogen-bond acceptors (Lipinski definition) is 4. The minimum atomic E-state index is -0.0811. The van der Waals surface area contributed by atoms with Gasteiger partial charge in [0.2, 0.25) is 17.7 Å². The van der Waals surface area contributed by atoms with E-state index < -0.39 is 0 Å². The van der Waals surface area contributed by atoms with Crippen LogP contribution in [0.4, 0.5) is 0 Å². The zero-order valence-corrected chi connectivity index (χ0v) is 15.6. The molecule has 0 aromatic carbocycles. The quantitative estimate of drug-likeness (QED) is 0.387. The van der Waals surface area contributed by atoms with Crippen LogP contribution in [0.25, 0.3) is 0 Å². The molecule has 0 aromatic rings. The van der Waals surface area contributed by atoms with Crippen LogP contribution in [0.5, 0.6) is 0 Å². The fourth-order valence-electron chi connectivity index (χ4n) is 2.11. The van der Waals surface area contributed by atoms with Gasteiger partial charge in [0, 0.05) is 51.7 Å². The van der Waals surface area contributed by atoms with Gasteiger partial charge >= 0.3 is 0 Å². The van der Waals surface area contributed by atoms with Gasteiger partial charge in [-0.25, -0.2) is 0 Å². The van der Waals surface area contributed by atoms with E-state index in [0.29, 0.717) is 71.0 Å². The highest BCUT2D eigenvalue weighted by Crippen LogP contribution is 1.99. The molecule has 0 aromatic heterocycles. The van der Waals surface area contributed by atoms with Crippen LogP contribution in [0.1, 0.15) is 71.6 Å². The first-order valence-electron chi connectivity index (χ1n) is 9.31. The molecule has 0 saturated heterocycles. The molecule has 0 radical (unpaired) electrons. The van der Waals surface area contributed by atoms with E-state index in [0.717, 1.165) is 6.42 Å². The van der Waals surface area contributed by atoms with E-state index in [-0.39, 0.29) is 23.5 Å². The third kappa shape index (κ3) is 15.4. The molecule has 0 bridgehead atoms. The van der Waals surface area contributed by atoms with Gasteiger partial charge in [0.15, 0.2) is 0 Å². The summed E-state index contributed by atoms with van der Waals surface area (Å²) in [7, 11) is 0. The van der Waals surface area contributed by atoms with Gasteiger partial charge in [-0.1, -0.05) is 13.8 Å². The number of carbonyl (C=O) groups excluding carboxylic acids is 4. The van der Waals surface area contributed by atoms with E-state index in [9.17, 15) is 19.2 Å². The van der Waals surface area contributed by atoms with E-state index in [1.165, 1.54) is 0 Å². The zero-order chi connectivity index (χ0) is 18.9. The van der Waals surface area contributed by atoms with Crippen molar-refractivity contribution in [1.29, 1.82) is 0 Å². The second-order valence-electron chi connectivity index (χ2n) is 6.00. The SMILES string of the molecule is CCCNC(=O)CCCNC(=O)CCCNC(=O)CCCC(=O)CC. The van der Waals surface area contributed by atoms with Crippen LogP contribution in [0.3, 0.4) is 0 Å². The Kier molecular flexibility index (Phi) is 14.4. The average Bonchev–Trinajstić information content (AvgIpc) is 2.60. The summed E-state index contributed by atoms with van der Waals surface area (Å²) < 4.78 is 0. The lowest BCUT2D eigenvalue weighted by Crippen LogP contribution is -2.29. The van der Waals surface area contributed by atoms with Gasteiger partial charge in [-0.05, 0) is 25.7 Å². The highest BCUT2D eigenvalue weighted by Gasteiger charge is 2.05. The number of carbonyl (C=O) groups is 4. The minimum absolute atomic E-state index is 0.0134. The Bertz CT molecular complexity index is 425. The van der Waals surface area contributed by atoms with Crippen molar-refractivity contribution in [3.8, 4) is 0 Å². The molecule has 0 unspecified atom stereocenters. The van der Waals surface area contributed by atoms with Gasteiger partial charge in [-0.15, -0.1) is 0 Å². The second-order valence-corrected chi connectivity index (χ2v) is 6.00. The summed E-state index contributed by atoms with van der Waals surface area (Å²) in [5.74, 6) is 0.0333. The summed E-state index contributed by atoms with van der Waals surface area (Å²) in [5, 5.41) is 8.30. The molecule has 0 rings (SSSR count). The number of ketones is 1. The van der Waals surface area contributed by atoms with Gasteiger partial charge in [-0.2, -0.15) is 0 Å². The Morgan fingerprint density at radius 2 is 1.04 bits per heavy atom. The summed E-state index contributed by atoms with van der Waals surface area (Å²) >= 11 is 0. The van der Waals surface area contributed by atoms with E-state index in [4.69, 9.17) is 0 Å². The van der Waals surface area contributed by atoms with E-state index in [2.05, 4.69) is 16.0 Å². The Morgan fingerprint density at radius 1 is 0.600 bits per heavy atom. The van der Waals surface area contributed by atoms with Crippen LogP contribution in [0.2, 0.25) is 0 Å². The summed E-state index contributed by atoms with van der Waals surface area (Å²) in [6.07, 6.45) is 4.74. The molecule has 0 spiro atoms. The van der Waals surface area contributed by atoms with Crippen LogP contribution in [0.15, 0.2) is 0 Å². The van der Waals surface area contributed by atoms with Crippen LogP contribution in [0, 0.1) is 0 Å². The highest BCUT2D eigenvalue weighted by atomic mass is 16.2. The van der Waals surface area contributed by atoms with Gasteiger partial charge in [-0.3, -0.25) is 19.2 Å². The molecule has 0 aliphatic rings. The molecule has 25 heavy (non-hydrogen) atoms. The molecule has 0 aliphatic heterocycles. The fourth-order valence-corrected chi connectivity index (χ4v) is 2.11. The molecule has 7 heteroatoms. The second kappa shape index (κ2) is 15.6. The molecule has 3 amide bonds. The Hall–Kier alpha value is -1.92. The van der Waals surface area contributed by atoms with Crippen molar-refractivity contribution in [3.63, 3.8) is 0 Å². The van der Waals surface area contributed by atoms with Gasteiger partial charge < -0.3 is 16.0 Å². The van der Waals surface area contributed by atoms with Crippen molar-refractivity contribution in [2.24, 2.45) is 0 Å². The molecule has 0 fully saturated rings. The summed E-state index contributed by atoms with van der Waals surface area (Å²) in [6.45, 7) is 5.43. The Morgan fingerprint density at radius 3 is 1.48 bits per heavy atom. The lowest BCUT2D eigenvalue weighted by molar-refractivity contribution is -0.123. The van der Waals surface area contributed by atoms with Crippen molar-refractivity contribution in [2.45, 2.75) is 71.6 Å². The summed E-state index contributed by atoms with van der Waals surface area (Å²) in [6, 6.07) is 0. The number of hydrogen-bond donors (Lipinski definition) is 3. The molecule has 0 saturated carbocycles. The van der Waals surface area contributed by atoms with E-state index in [1.54, 1.807) is 0 Å².